The van der Waals surface area contributed by atoms with Crippen LogP contribution in [0.5, 0.6) is 5.75 Å². The van der Waals surface area contributed by atoms with E-state index in [1.807, 2.05) is 37.3 Å². The zero-order chi connectivity index (χ0) is 23.1. The molecule has 0 radical (unpaired) electrons. The van der Waals surface area contributed by atoms with Crippen LogP contribution in [0.1, 0.15) is 11.1 Å². The Labute approximate surface area is 190 Å². The molecule has 0 aliphatic heterocycles. The van der Waals surface area contributed by atoms with Crippen LogP contribution in [0.4, 0.5) is 5.69 Å². The third-order valence-corrected chi connectivity index (χ3v) is 7.16. The first-order valence-electron chi connectivity index (χ1n) is 10.3. The summed E-state index contributed by atoms with van der Waals surface area (Å²) in [4.78, 5) is 14.7. The third-order valence-electron chi connectivity index (χ3n) is 5.30. The summed E-state index contributed by atoms with van der Waals surface area (Å²) in [5.41, 5.74) is 2.63. The number of carbonyl (C=O) groups is 1. The lowest BCUT2D eigenvalue weighted by molar-refractivity contribution is -0.118. The van der Waals surface area contributed by atoms with Crippen molar-refractivity contribution in [3.63, 3.8) is 0 Å². The lowest BCUT2D eigenvalue weighted by atomic mass is 10.1. The highest BCUT2D eigenvalue weighted by atomic mass is 32.2. The third kappa shape index (κ3) is 5.75. The summed E-state index contributed by atoms with van der Waals surface area (Å²) in [6, 6.07) is 23.4. The van der Waals surface area contributed by atoms with E-state index in [-0.39, 0.29) is 23.9 Å². The number of hydrogen-bond donors (Lipinski definition) is 0. The predicted molar refractivity (Wildman–Crippen MR) is 126 cm³/mol. The number of benzene rings is 3. The van der Waals surface area contributed by atoms with Crippen LogP contribution in [0.25, 0.3) is 0 Å². The summed E-state index contributed by atoms with van der Waals surface area (Å²) in [5.74, 6) is 0.361. The van der Waals surface area contributed by atoms with Crippen molar-refractivity contribution in [3.05, 3.63) is 90.0 Å². The molecule has 0 atom stereocenters. The maximum atomic E-state index is 13.4. The number of amides is 1. The van der Waals surface area contributed by atoms with Gasteiger partial charge in [-0.2, -0.15) is 4.31 Å². The largest absolute Gasteiger partial charge is 0.497 e. The predicted octanol–water partition coefficient (Wildman–Crippen LogP) is 3.90. The van der Waals surface area contributed by atoms with E-state index in [0.29, 0.717) is 17.9 Å². The molecule has 0 saturated heterocycles. The molecule has 3 rings (SSSR count). The molecule has 7 heteroatoms. The van der Waals surface area contributed by atoms with E-state index >= 15 is 0 Å². The molecule has 0 aromatic heterocycles. The Balaban J connectivity index is 1.83. The van der Waals surface area contributed by atoms with Gasteiger partial charge >= 0.3 is 0 Å². The fourth-order valence-corrected chi connectivity index (χ4v) is 4.64. The number of hydrogen-bond acceptors (Lipinski definition) is 4. The molecule has 0 saturated carbocycles. The van der Waals surface area contributed by atoms with E-state index < -0.39 is 10.0 Å². The average Bonchev–Trinajstić information content (AvgIpc) is 2.82. The fourth-order valence-electron chi connectivity index (χ4n) is 3.25. The molecule has 0 aliphatic carbocycles. The smallest absolute Gasteiger partial charge is 0.243 e. The van der Waals surface area contributed by atoms with Crippen LogP contribution >= 0.6 is 0 Å². The minimum Gasteiger partial charge on any atom is -0.497 e. The second-order valence-corrected chi connectivity index (χ2v) is 9.48. The molecule has 0 unspecified atom stereocenters. The number of sulfonamides is 1. The van der Waals surface area contributed by atoms with Gasteiger partial charge in [0.15, 0.2) is 0 Å². The molecule has 3 aromatic carbocycles. The topological polar surface area (TPSA) is 66.9 Å². The number of anilines is 1. The van der Waals surface area contributed by atoms with Crippen molar-refractivity contribution in [1.29, 1.82) is 0 Å². The molecule has 168 valence electrons. The maximum absolute atomic E-state index is 13.4. The van der Waals surface area contributed by atoms with E-state index in [4.69, 9.17) is 4.74 Å². The van der Waals surface area contributed by atoms with Crippen molar-refractivity contribution in [2.45, 2.75) is 18.2 Å². The number of aryl methyl sites for hydroxylation is 1. The van der Waals surface area contributed by atoms with Crippen molar-refractivity contribution < 1.29 is 17.9 Å². The van der Waals surface area contributed by atoms with Crippen molar-refractivity contribution in [2.24, 2.45) is 0 Å². The van der Waals surface area contributed by atoms with Crippen molar-refractivity contribution in [3.8, 4) is 5.75 Å². The number of carbonyl (C=O) groups excluding carboxylic acids is 1. The van der Waals surface area contributed by atoms with Crippen molar-refractivity contribution in [1.82, 2.24) is 4.31 Å². The van der Waals surface area contributed by atoms with Crippen LogP contribution in [0.3, 0.4) is 0 Å². The van der Waals surface area contributed by atoms with Crippen LogP contribution in [0, 0.1) is 6.92 Å². The molecule has 0 spiro atoms. The molecule has 6 nitrogen and oxygen atoms in total. The monoisotopic (exact) mass is 452 g/mol. The first-order valence-corrected chi connectivity index (χ1v) is 11.8. The molecule has 32 heavy (non-hydrogen) atoms. The normalized spacial score (nSPS) is 11.4. The minimum atomic E-state index is -3.84. The average molecular weight is 453 g/mol. The maximum Gasteiger partial charge on any atom is 0.243 e. The van der Waals surface area contributed by atoms with Gasteiger partial charge in [-0.05, 0) is 55.3 Å². The van der Waals surface area contributed by atoms with Gasteiger partial charge in [-0.15, -0.1) is 0 Å². The first kappa shape index (κ1) is 23.5. The number of likely N-dealkylation sites (N-methyl/N-ethyl adjacent to an activating group) is 1. The Bertz CT molecular complexity index is 1130. The molecular formula is C25H28N2O4S. The van der Waals surface area contributed by atoms with E-state index in [9.17, 15) is 13.2 Å². The summed E-state index contributed by atoms with van der Waals surface area (Å²) >= 11 is 0. The number of methoxy groups -OCH3 is 1. The molecule has 1 amide bonds. The van der Waals surface area contributed by atoms with Gasteiger partial charge in [0.25, 0.3) is 0 Å². The fraction of sp³-hybridized carbons (Fsp3) is 0.240. The Kier molecular flexibility index (Phi) is 7.66. The highest BCUT2D eigenvalue weighted by Gasteiger charge is 2.28. The SMILES string of the molecule is COc1ccc(N(C)C(=O)CN(CCc2ccccc2)S(=O)(=O)c2ccc(C)cc2)cc1. The zero-order valence-corrected chi connectivity index (χ0v) is 19.4. The molecule has 0 aliphatic rings. The summed E-state index contributed by atoms with van der Waals surface area (Å²) in [5, 5.41) is 0. The minimum absolute atomic E-state index is 0.177. The molecular weight excluding hydrogens is 424 g/mol. The summed E-state index contributed by atoms with van der Waals surface area (Å²) in [7, 11) is -0.633. The van der Waals surface area contributed by atoms with E-state index in [2.05, 4.69) is 0 Å². The van der Waals surface area contributed by atoms with Crippen molar-refractivity contribution >= 4 is 21.6 Å². The molecule has 3 aromatic rings. The quantitative estimate of drug-likeness (QED) is 0.494. The second kappa shape index (κ2) is 10.4. The molecule has 0 fully saturated rings. The van der Waals surface area contributed by atoms with Gasteiger partial charge in [-0.1, -0.05) is 48.0 Å². The summed E-state index contributed by atoms with van der Waals surface area (Å²) in [6.45, 7) is 1.84. The van der Waals surface area contributed by atoms with Gasteiger partial charge in [-0.3, -0.25) is 4.79 Å². The van der Waals surface area contributed by atoms with Gasteiger partial charge in [0.2, 0.25) is 15.9 Å². The standard InChI is InChI=1S/C25H28N2O4S/c1-20-9-15-24(16-10-20)32(29,30)27(18-17-21-7-5-4-6-8-21)19-25(28)26(2)22-11-13-23(31-3)14-12-22/h4-16H,17-19H2,1-3H3. The Morgan fingerprint density at radius 1 is 0.906 bits per heavy atom. The van der Waals surface area contributed by atoms with Gasteiger partial charge < -0.3 is 9.64 Å². The van der Waals surface area contributed by atoms with Crippen LogP contribution in [-0.4, -0.2) is 45.9 Å². The van der Waals surface area contributed by atoms with Crippen LogP contribution in [-0.2, 0) is 21.2 Å². The first-order chi connectivity index (χ1) is 15.3. The molecule has 0 heterocycles. The van der Waals surface area contributed by atoms with Crippen molar-refractivity contribution in [2.75, 3.05) is 32.1 Å². The Morgan fingerprint density at radius 3 is 2.12 bits per heavy atom. The second-order valence-electron chi connectivity index (χ2n) is 7.54. The van der Waals surface area contributed by atoms with Crippen LogP contribution < -0.4 is 9.64 Å². The Hall–Kier alpha value is -3.16. The highest BCUT2D eigenvalue weighted by molar-refractivity contribution is 7.89. The van der Waals surface area contributed by atoms with E-state index in [1.165, 1.54) is 9.21 Å². The molecule has 0 N–H and O–H groups in total. The summed E-state index contributed by atoms with van der Waals surface area (Å²) in [6.07, 6.45) is 0.505. The lowest BCUT2D eigenvalue weighted by Gasteiger charge is -2.25. The lowest BCUT2D eigenvalue weighted by Crippen LogP contribution is -2.42. The zero-order valence-electron chi connectivity index (χ0n) is 18.6. The molecule has 0 bridgehead atoms. The van der Waals surface area contributed by atoms with Gasteiger partial charge in [0.1, 0.15) is 5.75 Å². The number of nitrogens with zero attached hydrogens (tertiary/aromatic N) is 2. The summed E-state index contributed by atoms with van der Waals surface area (Å²) < 4.78 is 33.2. The Morgan fingerprint density at radius 2 is 1.53 bits per heavy atom. The van der Waals surface area contributed by atoms with Crippen LogP contribution in [0.2, 0.25) is 0 Å². The van der Waals surface area contributed by atoms with E-state index in [1.54, 1.807) is 62.7 Å². The van der Waals surface area contributed by atoms with Crippen LogP contribution in [0.15, 0.2) is 83.8 Å². The van der Waals surface area contributed by atoms with Gasteiger partial charge in [0, 0.05) is 19.3 Å². The van der Waals surface area contributed by atoms with Gasteiger partial charge in [0.05, 0.1) is 18.6 Å². The highest BCUT2D eigenvalue weighted by Crippen LogP contribution is 2.21. The number of rotatable bonds is 9. The van der Waals surface area contributed by atoms with Gasteiger partial charge in [-0.25, -0.2) is 8.42 Å². The number of ether oxygens (including phenoxy) is 1. The van der Waals surface area contributed by atoms with E-state index in [0.717, 1.165) is 11.1 Å².